The van der Waals surface area contributed by atoms with E-state index in [0.29, 0.717) is 23.3 Å². The number of hydrogen-bond acceptors (Lipinski definition) is 6. The fourth-order valence-corrected chi connectivity index (χ4v) is 5.81. The van der Waals surface area contributed by atoms with Crippen LogP contribution in [0.5, 0.6) is 5.88 Å². The van der Waals surface area contributed by atoms with E-state index in [1.165, 1.54) is 0 Å². The monoisotopic (exact) mass is 492 g/mol. The number of ether oxygens (including phenoxy) is 1. The maximum absolute atomic E-state index is 12.5. The normalized spacial score (nSPS) is 15.7. The summed E-state index contributed by atoms with van der Waals surface area (Å²) >= 11 is 0. The molecular weight excluding hydrogens is 460 g/mol. The molecule has 5 rings (SSSR count). The number of sulfone groups is 1. The molecule has 184 valence electrons. The summed E-state index contributed by atoms with van der Waals surface area (Å²) in [5.41, 5.74) is 4.27. The number of likely N-dealkylation sites (tertiary alicyclic amines) is 1. The highest BCUT2D eigenvalue weighted by Crippen LogP contribution is 2.38. The highest BCUT2D eigenvalue weighted by atomic mass is 32.2. The van der Waals surface area contributed by atoms with Crippen LogP contribution in [0.1, 0.15) is 32.3 Å². The van der Waals surface area contributed by atoms with Gasteiger partial charge in [0.25, 0.3) is 0 Å². The van der Waals surface area contributed by atoms with E-state index < -0.39 is 9.84 Å². The van der Waals surface area contributed by atoms with E-state index in [-0.39, 0.29) is 5.75 Å². The van der Waals surface area contributed by atoms with Crippen molar-refractivity contribution in [1.29, 1.82) is 0 Å². The number of benzene rings is 1. The molecule has 1 N–H and O–H groups in total. The molecule has 4 heterocycles. The fraction of sp³-hybridized carbons (Fsp3) is 0.407. The fourth-order valence-electron chi connectivity index (χ4n) is 4.89. The van der Waals surface area contributed by atoms with Gasteiger partial charge in [-0.15, -0.1) is 0 Å². The second kappa shape index (κ2) is 9.59. The first-order valence-corrected chi connectivity index (χ1v) is 14.0. The number of aromatic amines is 1. The molecule has 0 unspecified atom stereocenters. The number of pyridine rings is 2. The molecule has 3 aromatic heterocycles. The second-order valence-corrected chi connectivity index (χ2v) is 11.7. The minimum Gasteiger partial charge on any atom is -0.476 e. The first kappa shape index (κ1) is 23.8. The van der Waals surface area contributed by atoms with Gasteiger partial charge in [0.05, 0.1) is 17.3 Å². The minimum absolute atomic E-state index is 0.0598. The van der Waals surface area contributed by atoms with E-state index in [0.717, 1.165) is 71.1 Å². The third-order valence-electron chi connectivity index (χ3n) is 7.08. The van der Waals surface area contributed by atoms with E-state index in [9.17, 15) is 8.42 Å². The topological polar surface area (TPSA) is 88.2 Å². The molecule has 0 bridgehead atoms. The van der Waals surface area contributed by atoms with Crippen molar-refractivity contribution in [2.45, 2.75) is 38.5 Å². The van der Waals surface area contributed by atoms with Crippen LogP contribution in [0.25, 0.3) is 33.1 Å². The van der Waals surface area contributed by atoms with Gasteiger partial charge in [0.15, 0.2) is 9.84 Å². The Labute approximate surface area is 206 Å². The molecule has 1 aliphatic heterocycles. The quantitative estimate of drug-likeness (QED) is 0.391. The summed E-state index contributed by atoms with van der Waals surface area (Å²) in [7, 11) is -3.32. The lowest BCUT2D eigenvalue weighted by Crippen LogP contribution is -2.35. The zero-order chi connectivity index (χ0) is 24.6. The molecule has 1 saturated heterocycles. The lowest BCUT2D eigenvalue weighted by Gasteiger charge is -2.30. The molecule has 1 aliphatic rings. The minimum atomic E-state index is -3.32. The zero-order valence-corrected chi connectivity index (χ0v) is 21.4. The molecule has 0 spiro atoms. The third-order valence-corrected chi connectivity index (χ3v) is 8.81. The van der Waals surface area contributed by atoms with E-state index in [4.69, 9.17) is 4.74 Å². The Morgan fingerprint density at radius 2 is 1.91 bits per heavy atom. The summed E-state index contributed by atoms with van der Waals surface area (Å²) in [6.07, 6.45) is 5.88. The molecule has 7 nitrogen and oxygen atoms in total. The van der Waals surface area contributed by atoms with Gasteiger partial charge >= 0.3 is 0 Å². The molecule has 0 amide bonds. The van der Waals surface area contributed by atoms with Crippen molar-refractivity contribution in [3.05, 3.63) is 48.3 Å². The van der Waals surface area contributed by atoms with Gasteiger partial charge in [0, 0.05) is 28.7 Å². The Balaban J connectivity index is 1.57. The smallest absolute Gasteiger partial charge is 0.238 e. The summed E-state index contributed by atoms with van der Waals surface area (Å²) in [4.78, 5) is 15.5. The van der Waals surface area contributed by atoms with Crippen molar-refractivity contribution < 1.29 is 13.2 Å². The first-order valence-electron chi connectivity index (χ1n) is 12.3. The van der Waals surface area contributed by atoms with Gasteiger partial charge in [-0.2, -0.15) is 0 Å². The molecule has 1 aromatic carbocycles. The number of aryl methyl sites for hydroxylation is 1. The van der Waals surface area contributed by atoms with Crippen molar-refractivity contribution in [2.75, 3.05) is 32.0 Å². The SMILES string of the molecule is CCN1CCC(COc2ncc(-c3cccc(S(=O)(=O)CC)c3)c3c2[nH]c2ncc(C)cc23)CC1. The lowest BCUT2D eigenvalue weighted by atomic mass is 9.98. The maximum Gasteiger partial charge on any atom is 0.238 e. The van der Waals surface area contributed by atoms with Gasteiger partial charge < -0.3 is 14.6 Å². The van der Waals surface area contributed by atoms with Crippen molar-refractivity contribution in [3.63, 3.8) is 0 Å². The molecule has 0 radical (unpaired) electrons. The average Bonchev–Trinajstić information content (AvgIpc) is 3.26. The molecule has 0 saturated carbocycles. The summed E-state index contributed by atoms with van der Waals surface area (Å²) in [6, 6.07) is 9.19. The van der Waals surface area contributed by atoms with Crippen LogP contribution in [0.15, 0.2) is 47.6 Å². The highest BCUT2D eigenvalue weighted by molar-refractivity contribution is 7.91. The predicted octanol–water partition coefficient (Wildman–Crippen LogP) is 4.99. The van der Waals surface area contributed by atoms with Crippen LogP contribution in [-0.2, 0) is 9.84 Å². The van der Waals surface area contributed by atoms with Crippen LogP contribution < -0.4 is 4.74 Å². The van der Waals surface area contributed by atoms with Gasteiger partial charge in [0.1, 0.15) is 11.2 Å². The Hall–Kier alpha value is -2.97. The Morgan fingerprint density at radius 1 is 1.11 bits per heavy atom. The number of nitrogens with zero attached hydrogens (tertiary/aromatic N) is 3. The van der Waals surface area contributed by atoms with Gasteiger partial charge in [-0.1, -0.05) is 26.0 Å². The predicted molar refractivity (Wildman–Crippen MR) is 140 cm³/mol. The van der Waals surface area contributed by atoms with Crippen molar-refractivity contribution in [1.82, 2.24) is 19.9 Å². The average molecular weight is 493 g/mol. The van der Waals surface area contributed by atoms with Crippen LogP contribution >= 0.6 is 0 Å². The molecule has 4 aromatic rings. The highest BCUT2D eigenvalue weighted by Gasteiger charge is 2.22. The Morgan fingerprint density at radius 3 is 2.66 bits per heavy atom. The summed E-state index contributed by atoms with van der Waals surface area (Å²) < 4.78 is 31.3. The van der Waals surface area contributed by atoms with Crippen molar-refractivity contribution >= 4 is 31.8 Å². The first-order chi connectivity index (χ1) is 16.9. The molecule has 35 heavy (non-hydrogen) atoms. The summed E-state index contributed by atoms with van der Waals surface area (Å²) in [6.45, 7) is 9.83. The maximum atomic E-state index is 12.5. The van der Waals surface area contributed by atoms with Crippen LogP contribution in [0.4, 0.5) is 0 Å². The van der Waals surface area contributed by atoms with Crippen LogP contribution in [-0.4, -0.2) is 60.3 Å². The van der Waals surface area contributed by atoms with E-state index >= 15 is 0 Å². The van der Waals surface area contributed by atoms with Crippen LogP contribution in [0.2, 0.25) is 0 Å². The molecule has 0 atom stereocenters. The van der Waals surface area contributed by atoms with Gasteiger partial charge in [0.2, 0.25) is 5.88 Å². The van der Waals surface area contributed by atoms with Crippen molar-refractivity contribution in [2.24, 2.45) is 5.92 Å². The summed E-state index contributed by atoms with van der Waals surface area (Å²) in [5, 5.41) is 1.93. The number of hydrogen-bond donors (Lipinski definition) is 1. The summed E-state index contributed by atoms with van der Waals surface area (Å²) in [5.74, 6) is 1.13. The number of piperidine rings is 1. The third kappa shape index (κ3) is 4.65. The van der Waals surface area contributed by atoms with E-state index in [1.807, 2.05) is 19.2 Å². The molecule has 1 fully saturated rings. The van der Waals surface area contributed by atoms with E-state index in [1.54, 1.807) is 31.3 Å². The standard InChI is InChI=1S/C27H32N4O3S/c1-4-31-11-9-19(10-12-31)17-34-27-25-24(22-13-18(3)15-28-26(22)30-25)23(16-29-27)20-7-6-8-21(14-20)35(32,33)5-2/h6-8,13-16,19H,4-5,9-12,17H2,1-3H3,(H,28,30). The van der Waals surface area contributed by atoms with E-state index in [2.05, 4.69) is 32.8 Å². The molecule has 0 aliphatic carbocycles. The number of rotatable bonds is 7. The van der Waals surface area contributed by atoms with Gasteiger partial charge in [-0.25, -0.2) is 18.4 Å². The zero-order valence-electron chi connectivity index (χ0n) is 20.5. The number of H-pyrrole nitrogens is 1. The number of nitrogens with one attached hydrogen (secondary N) is 1. The lowest BCUT2D eigenvalue weighted by molar-refractivity contribution is 0.144. The largest absolute Gasteiger partial charge is 0.476 e. The van der Waals surface area contributed by atoms with Crippen molar-refractivity contribution in [3.8, 4) is 17.0 Å². The Kier molecular flexibility index (Phi) is 6.51. The second-order valence-electron chi connectivity index (χ2n) is 9.38. The van der Waals surface area contributed by atoms with Crippen LogP contribution in [0.3, 0.4) is 0 Å². The van der Waals surface area contributed by atoms with Crippen LogP contribution in [0, 0.1) is 12.8 Å². The molecule has 8 heteroatoms. The number of aromatic nitrogens is 3. The Bertz CT molecular complexity index is 1470. The van der Waals surface area contributed by atoms with Gasteiger partial charge in [-0.3, -0.25) is 0 Å². The molecular formula is C27H32N4O3S. The van der Waals surface area contributed by atoms with Gasteiger partial charge in [-0.05, 0) is 74.6 Å². The number of fused-ring (bicyclic) bond motifs is 3.